The minimum absolute atomic E-state index is 0.256. The first-order chi connectivity index (χ1) is 41.7. The van der Waals surface area contributed by atoms with E-state index < -0.39 is 74.2 Å². The van der Waals surface area contributed by atoms with Gasteiger partial charge in [-0.15, -0.1) is 0 Å². The standard InChI is InChI=1S/C74H141NO10/c1-3-5-7-9-11-13-15-17-19-21-23-25-27-28-29-30-31-32-33-34-35-36-37-38-39-40-42-44-46-48-50-52-54-56-58-60-62-67(78)73(83)75-65(64-84-74-72(82)71(81)70(80)68(63-76)85-74)69(79)66(77)61-59-57-55-53-51-49-47-45-43-41-26-24-22-20-18-16-14-12-10-8-6-4-2/h29-30,32-33,53,55,65-72,74,76-82H,3-28,31,34-52,54,56-64H2,1-2H3,(H,75,83)/b30-29-,33-32-,55-53+. The van der Waals surface area contributed by atoms with Gasteiger partial charge >= 0.3 is 0 Å². The topological polar surface area (TPSA) is 189 Å². The van der Waals surface area contributed by atoms with Crippen LogP contribution in [0.3, 0.4) is 0 Å². The number of aliphatic hydroxyl groups excluding tert-OH is 7. The van der Waals surface area contributed by atoms with Crippen molar-refractivity contribution in [2.75, 3.05) is 13.2 Å². The molecule has 8 N–H and O–H groups in total. The van der Waals surface area contributed by atoms with Crippen LogP contribution in [0, 0.1) is 0 Å². The van der Waals surface area contributed by atoms with Gasteiger partial charge in [-0.3, -0.25) is 4.79 Å². The number of nitrogens with one attached hydrogen (secondary N) is 1. The van der Waals surface area contributed by atoms with Crippen molar-refractivity contribution >= 4 is 5.91 Å². The highest BCUT2D eigenvalue weighted by Crippen LogP contribution is 2.24. The lowest BCUT2D eigenvalue weighted by atomic mass is 9.98. The Labute approximate surface area is 524 Å². The molecule has 11 heteroatoms. The maximum Gasteiger partial charge on any atom is 0.249 e. The third-order valence-electron chi connectivity index (χ3n) is 17.9. The molecule has 11 nitrogen and oxygen atoms in total. The van der Waals surface area contributed by atoms with Crippen LogP contribution in [-0.4, -0.2) is 110 Å². The maximum absolute atomic E-state index is 13.3. The molecule has 1 aliphatic rings. The zero-order valence-electron chi connectivity index (χ0n) is 55.6. The minimum atomic E-state index is -1.67. The molecule has 1 aliphatic heterocycles. The van der Waals surface area contributed by atoms with Gasteiger partial charge in [0.2, 0.25) is 5.91 Å². The number of rotatable bonds is 65. The fraction of sp³-hybridized carbons (Fsp3) is 0.905. The Morgan fingerprint density at radius 2 is 0.729 bits per heavy atom. The van der Waals surface area contributed by atoms with E-state index in [0.29, 0.717) is 12.8 Å². The molecule has 1 amide bonds. The Morgan fingerprint density at radius 3 is 1.08 bits per heavy atom. The highest BCUT2D eigenvalue weighted by atomic mass is 16.7. The number of aliphatic hydroxyl groups is 7. The Hall–Kier alpha value is -1.67. The summed E-state index contributed by atoms with van der Waals surface area (Å²) >= 11 is 0. The van der Waals surface area contributed by atoms with Crippen LogP contribution in [0.2, 0.25) is 0 Å². The monoisotopic (exact) mass is 1200 g/mol. The smallest absolute Gasteiger partial charge is 0.249 e. The van der Waals surface area contributed by atoms with E-state index in [4.69, 9.17) is 9.47 Å². The first kappa shape index (κ1) is 81.3. The van der Waals surface area contributed by atoms with Crippen LogP contribution in [0.4, 0.5) is 0 Å². The van der Waals surface area contributed by atoms with Crippen molar-refractivity contribution in [3.05, 3.63) is 36.5 Å². The van der Waals surface area contributed by atoms with E-state index in [2.05, 4.69) is 55.6 Å². The second-order valence-electron chi connectivity index (χ2n) is 26.0. The molecule has 85 heavy (non-hydrogen) atoms. The molecule has 0 saturated carbocycles. The second-order valence-corrected chi connectivity index (χ2v) is 26.0. The predicted octanol–water partition coefficient (Wildman–Crippen LogP) is 18.1. The molecule has 9 atom stereocenters. The quantitative estimate of drug-likeness (QED) is 0.0215. The average Bonchev–Trinajstić information content (AvgIpc) is 3.71. The van der Waals surface area contributed by atoms with Gasteiger partial charge in [0, 0.05) is 0 Å². The predicted molar refractivity (Wildman–Crippen MR) is 358 cm³/mol. The summed E-state index contributed by atoms with van der Waals surface area (Å²) in [7, 11) is 0. The molecule has 1 saturated heterocycles. The largest absolute Gasteiger partial charge is 0.394 e. The van der Waals surface area contributed by atoms with Gasteiger partial charge in [-0.1, -0.05) is 326 Å². The molecule has 0 aromatic rings. The lowest BCUT2D eigenvalue weighted by Crippen LogP contribution is -2.60. The molecule has 0 aliphatic carbocycles. The van der Waals surface area contributed by atoms with Crippen molar-refractivity contribution in [3.63, 3.8) is 0 Å². The summed E-state index contributed by atoms with van der Waals surface area (Å²) < 4.78 is 11.2. The second kappa shape index (κ2) is 62.5. The van der Waals surface area contributed by atoms with E-state index in [9.17, 15) is 40.5 Å². The Morgan fingerprint density at radius 1 is 0.412 bits per heavy atom. The summed E-state index contributed by atoms with van der Waals surface area (Å²) in [6, 6.07) is -1.19. The number of hydrogen-bond acceptors (Lipinski definition) is 10. The van der Waals surface area contributed by atoms with Crippen molar-refractivity contribution in [1.29, 1.82) is 0 Å². The molecule has 502 valence electrons. The molecule has 9 unspecified atom stereocenters. The Balaban J connectivity index is 2.16. The summed E-state index contributed by atoms with van der Waals surface area (Å²) in [6.45, 7) is 3.50. The number of ether oxygens (including phenoxy) is 2. The van der Waals surface area contributed by atoms with Gasteiger partial charge in [-0.05, 0) is 70.6 Å². The SMILES string of the molecule is CCCCCCCCCCCCCCC/C=C\C/C=C\CCCCCCCCCCCCCCCCCCC(O)C(=O)NC(COC1OC(CO)C(O)C(O)C1O)C(O)C(O)CCC/C=C/CCCCCCCCCCCCCCCCCCC. The molecular weight excluding hydrogens is 1060 g/mol. The number of carbonyl (C=O) groups excluding carboxylic acids is 1. The first-order valence-electron chi connectivity index (χ1n) is 36.9. The lowest BCUT2D eigenvalue weighted by Gasteiger charge is -2.40. The average molecular weight is 1200 g/mol. The van der Waals surface area contributed by atoms with Gasteiger partial charge in [-0.2, -0.15) is 0 Å². The van der Waals surface area contributed by atoms with Crippen LogP contribution in [0.1, 0.15) is 361 Å². The van der Waals surface area contributed by atoms with E-state index in [0.717, 1.165) is 44.9 Å². The molecule has 1 rings (SSSR count). The van der Waals surface area contributed by atoms with Crippen LogP contribution in [-0.2, 0) is 14.3 Å². The summed E-state index contributed by atoms with van der Waals surface area (Å²) in [5.74, 6) is -0.701. The van der Waals surface area contributed by atoms with Crippen LogP contribution in [0.5, 0.6) is 0 Å². The van der Waals surface area contributed by atoms with Crippen molar-refractivity contribution in [2.24, 2.45) is 0 Å². The number of unbranched alkanes of at least 4 members (excludes halogenated alkanes) is 47. The van der Waals surface area contributed by atoms with E-state index in [1.807, 2.05) is 0 Å². The summed E-state index contributed by atoms with van der Waals surface area (Å²) in [6.07, 6.45) is 69.6. The van der Waals surface area contributed by atoms with Crippen LogP contribution >= 0.6 is 0 Å². The van der Waals surface area contributed by atoms with Crippen molar-refractivity contribution < 1.29 is 50.0 Å². The Bertz CT molecular complexity index is 1480. The summed E-state index contributed by atoms with van der Waals surface area (Å²) in [5.41, 5.74) is 0. The number of amides is 1. The highest BCUT2D eigenvalue weighted by Gasteiger charge is 2.44. The molecule has 1 fully saturated rings. The molecule has 1 heterocycles. The van der Waals surface area contributed by atoms with E-state index in [-0.39, 0.29) is 12.8 Å². The number of allylic oxidation sites excluding steroid dienone is 6. The number of carbonyl (C=O) groups is 1. The van der Waals surface area contributed by atoms with Gasteiger partial charge in [0.25, 0.3) is 0 Å². The van der Waals surface area contributed by atoms with Gasteiger partial charge in [0.15, 0.2) is 6.29 Å². The van der Waals surface area contributed by atoms with Crippen molar-refractivity contribution in [3.8, 4) is 0 Å². The normalized spacial score (nSPS) is 19.0. The van der Waals surface area contributed by atoms with Crippen LogP contribution < -0.4 is 5.32 Å². The third-order valence-corrected chi connectivity index (χ3v) is 17.9. The summed E-state index contributed by atoms with van der Waals surface area (Å²) in [5, 5.41) is 76.5. The molecule has 0 aromatic carbocycles. The molecule has 0 radical (unpaired) electrons. The first-order valence-corrected chi connectivity index (χ1v) is 36.9. The van der Waals surface area contributed by atoms with Gasteiger partial charge < -0.3 is 50.5 Å². The van der Waals surface area contributed by atoms with Crippen molar-refractivity contribution in [2.45, 2.75) is 416 Å². The molecule has 0 spiro atoms. The van der Waals surface area contributed by atoms with E-state index in [1.165, 1.54) is 276 Å². The fourth-order valence-corrected chi connectivity index (χ4v) is 12.0. The summed E-state index contributed by atoms with van der Waals surface area (Å²) in [4.78, 5) is 13.3. The van der Waals surface area contributed by atoms with Gasteiger partial charge in [0.1, 0.15) is 36.6 Å². The minimum Gasteiger partial charge on any atom is -0.394 e. The zero-order valence-corrected chi connectivity index (χ0v) is 55.6. The Kier molecular flexibility index (Phi) is 59.8. The molecular formula is C74H141NO10. The highest BCUT2D eigenvalue weighted by molar-refractivity contribution is 5.80. The van der Waals surface area contributed by atoms with Crippen LogP contribution in [0.15, 0.2) is 36.5 Å². The number of hydrogen-bond donors (Lipinski definition) is 8. The lowest BCUT2D eigenvalue weighted by molar-refractivity contribution is -0.303. The fourth-order valence-electron chi connectivity index (χ4n) is 12.0. The van der Waals surface area contributed by atoms with Crippen LogP contribution in [0.25, 0.3) is 0 Å². The zero-order chi connectivity index (χ0) is 61.7. The maximum atomic E-state index is 13.3. The van der Waals surface area contributed by atoms with E-state index in [1.54, 1.807) is 0 Å². The third kappa shape index (κ3) is 49.8. The van der Waals surface area contributed by atoms with Crippen molar-refractivity contribution in [1.82, 2.24) is 5.32 Å². The van der Waals surface area contributed by atoms with Gasteiger partial charge in [0.05, 0.1) is 25.4 Å². The molecule has 0 aromatic heterocycles. The van der Waals surface area contributed by atoms with Gasteiger partial charge in [-0.25, -0.2) is 0 Å². The van der Waals surface area contributed by atoms with E-state index >= 15 is 0 Å². The molecule has 0 bridgehead atoms.